The summed E-state index contributed by atoms with van der Waals surface area (Å²) in [5, 5.41) is 0. The molecule has 6 heteroatoms. The quantitative estimate of drug-likeness (QED) is 0.0343. The summed E-state index contributed by atoms with van der Waals surface area (Å²) in [6, 6.07) is 0. The van der Waals surface area contributed by atoms with E-state index < -0.39 is 6.10 Å². The third-order valence-corrected chi connectivity index (χ3v) is 15.3. The van der Waals surface area contributed by atoms with E-state index in [0.717, 1.165) is 63.7 Å². The Labute approximate surface area is 450 Å². The fraction of sp³-hybridized carbons (Fsp3) is 0.955. The van der Waals surface area contributed by atoms with Crippen molar-refractivity contribution < 1.29 is 28.6 Å². The first kappa shape index (κ1) is 70.4. The molecular formula is C66H128O6. The van der Waals surface area contributed by atoms with Crippen molar-refractivity contribution in [2.24, 2.45) is 5.92 Å². The number of carbonyl (C=O) groups is 3. The van der Waals surface area contributed by atoms with Crippen molar-refractivity contribution in [2.45, 2.75) is 387 Å². The molecule has 0 aliphatic carbocycles. The van der Waals surface area contributed by atoms with Crippen molar-refractivity contribution in [3.05, 3.63) is 0 Å². The van der Waals surface area contributed by atoms with Gasteiger partial charge in [-0.2, -0.15) is 0 Å². The minimum atomic E-state index is -0.763. The highest BCUT2D eigenvalue weighted by Gasteiger charge is 2.19. The molecule has 0 radical (unpaired) electrons. The van der Waals surface area contributed by atoms with E-state index in [1.54, 1.807) is 0 Å². The molecule has 0 fully saturated rings. The van der Waals surface area contributed by atoms with Crippen LogP contribution >= 0.6 is 0 Å². The van der Waals surface area contributed by atoms with Gasteiger partial charge in [-0.1, -0.05) is 342 Å². The maximum atomic E-state index is 12.9. The summed E-state index contributed by atoms with van der Waals surface area (Å²) >= 11 is 0. The van der Waals surface area contributed by atoms with E-state index >= 15 is 0 Å². The van der Waals surface area contributed by atoms with Crippen molar-refractivity contribution in [1.82, 2.24) is 0 Å². The molecule has 0 aromatic heterocycles. The highest BCUT2D eigenvalue weighted by atomic mass is 16.6. The molecular weight excluding hydrogens is 889 g/mol. The lowest BCUT2D eigenvalue weighted by Crippen LogP contribution is -2.30. The van der Waals surface area contributed by atoms with Gasteiger partial charge in [0.1, 0.15) is 13.2 Å². The van der Waals surface area contributed by atoms with Gasteiger partial charge in [-0.25, -0.2) is 0 Å². The zero-order valence-electron chi connectivity index (χ0n) is 49.4. The third kappa shape index (κ3) is 59.3. The van der Waals surface area contributed by atoms with E-state index in [1.165, 1.54) is 276 Å². The van der Waals surface area contributed by atoms with Crippen LogP contribution in [-0.4, -0.2) is 37.2 Å². The Morgan fingerprint density at radius 1 is 0.264 bits per heavy atom. The largest absolute Gasteiger partial charge is 0.462 e. The van der Waals surface area contributed by atoms with Crippen molar-refractivity contribution in [2.75, 3.05) is 13.2 Å². The van der Waals surface area contributed by atoms with Crippen molar-refractivity contribution in [1.29, 1.82) is 0 Å². The first-order valence-electron chi connectivity index (χ1n) is 32.9. The standard InChI is InChI=1S/C66H128O6/c1-5-7-9-11-13-15-17-19-21-23-24-26-29-33-37-41-45-49-53-57-64(67)70-60-63(72-66(69)59-55-51-47-43-39-35-30-25-22-20-18-16-14-12-10-8-6-2)61-71-65(68)58-54-50-46-42-38-34-31-27-28-32-36-40-44-48-52-56-62(3)4/h62-63H,5-61H2,1-4H3/t63-/m1/s1. The van der Waals surface area contributed by atoms with Crippen LogP contribution in [0.5, 0.6) is 0 Å². The van der Waals surface area contributed by atoms with Gasteiger partial charge in [0.15, 0.2) is 6.10 Å². The van der Waals surface area contributed by atoms with Crippen LogP contribution in [0.1, 0.15) is 381 Å². The molecule has 6 nitrogen and oxygen atoms in total. The molecule has 72 heavy (non-hydrogen) atoms. The second-order valence-electron chi connectivity index (χ2n) is 23.2. The minimum absolute atomic E-state index is 0.0609. The molecule has 0 N–H and O–H groups in total. The summed E-state index contributed by atoms with van der Waals surface area (Å²) in [6.45, 7) is 9.10. The Balaban J connectivity index is 4.28. The highest BCUT2D eigenvalue weighted by molar-refractivity contribution is 5.71. The predicted octanol–water partition coefficient (Wildman–Crippen LogP) is 22.1. The highest BCUT2D eigenvalue weighted by Crippen LogP contribution is 2.19. The normalized spacial score (nSPS) is 12.0. The van der Waals surface area contributed by atoms with Crippen LogP contribution in [0.25, 0.3) is 0 Å². The van der Waals surface area contributed by atoms with E-state index in [-0.39, 0.29) is 31.1 Å². The van der Waals surface area contributed by atoms with Crippen LogP contribution in [0.3, 0.4) is 0 Å². The number of ether oxygens (including phenoxy) is 3. The monoisotopic (exact) mass is 1020 g/mol. The second-order valence-corrected chi connectivity index (χ2v) is 23.2. The maximum Gasteiger partial charge on any atom is 0.306 e. The lowest BCUT2D eigenvalue weighted by Gasteiger charge is -2.18. The van der Waals surface area contributed by atoms with Gasteiger partial charge in [-0.3, -0.25) is 14.4 Å². The molecule has 0 heterocycles. The zero-order chi connectivity index (χ0) is 52.3. The zero-order valence-corrected chi connectivity index (χ0v) is 49.4. The molecule has 1 atom stereocenters. The van der Waals surface area contributed by atoms with E-state index in [4.69, 9.17) is 14.2 Å². The van der Waals surface area contributed by atoms with Crippen molar-refractivity contribution in [3.8, 4) is 0 Å². The third-order valence-electron chi connectivity index (χ3n) is 15.3. The number of esters is 3. The first-order valence-corrected chi connectivity index (χ1v) is 32.9. The molecule has 0 bridgehead atoms. The minimum Gasteiger partial charge on any atom is -0.462 e. The Hall–Kier alpha value is -1.59. The van der Waals surface area contributed by atoms with Crippen LogP contribution in [0.4, 0.5) is 0 Å². The van der Waals surface area contributed by atoms with Crippen LogP contribution in [-0.2, 0) is 28.6 Å². The average molecular weight is 1020 g/mol. The van der Waals surface area contributed by atoms with Crippen LogP contribution in [0.15, 0.2) is 0 Å². The summed E-state index contributed by atoms with van der Waals surface area (Å²) in [5.41, 5.74) is 0. The average Bonchev–Trinajstić information content (AvgIpc) is 3.37. The molecule has 0 saturated heterocycles. The van der Waals surface area contributed by atoms with Gasteiger partial charge in [0.05, 0.1) is 0 Å². The molecule has 0 aromatic rings. The van der Waals surface area contributed by atoms with Crippen LogP contribution in [0.2, 0.25) is 0 Å². The number of hydrogen-bond donors (Lipinski definition) is 0. The van der Waals surface area contributed by atoms with Gasteiger partial charge >= 0.3 is 17.9 Å². The molecule has 0 rings (SSSR count). The summed E-state index contributed by atoms with van der Waals surface area (Å²) < 4.78 is 17.0. The Bertz CT molecular complexity index is 1090. The molecule has 0 saturated carbocycles. The van der Waals surface area contributed by atoms with Gasteiger partial charge in [-0.05, 0) is 25.2 Å². The summed E-state index contributed by atoms with van der Waals surface area (Å²) in [7, 11) is 0. The van der Waals surface area contributed by atoms with E-state index in [2.05, 4.69) is 27.7 Å². The van der Waals surface area contributed by atoms with Gasteiger partial charge in [-0.15, -0.1) is 0 Å². The number of unbranched alkanes of at least 4 members (excludes halogenated alkanes) is 48. The van der Waals surface area contributed by atoms with Gasteiger partial charge in [0.2, 0.25) is 0 Å². The molecule has 0 amide bonds. The predicted molar refractivity (Wildman–Crippen MR) is 312 cm³/mol. The van der Waals surface area contributed by atoms with Gasteiger partial charge in [0.25, 0.3) is 0 Å². The fourth-order valence-corrected chi connectivity index (χ4v) is 10.3. The molecule has 0 aliphatic rings. The molecule has 0 unspecified atom stereocenters. The smallest absolute Gasteiger partial charge is 0.306 e. The number of carbonyl (C=O) groups excluding carboxylic acids is 3. The fourth-order valence-electron chi connectivity index (χ4n) is 10.3. The molecule has 0 aliphatic heterocycles. The van der Waals surface area contributed by atoms with E-state index in [1.807, 2.05) is 0 Å². The lowest BCUT2D eigenvalue weighted by atomic mass is 10.0. The number of rotatable bonds is 61. The van der Waals surface area contributed by atoms with E-state index in [0.29, 0.717) is 19.3 Å². The number of hydrogen-bond acceptors (Lipinski definition) is 6. The van der Waals surface area contributed by atoms with Crippen LogP contribution in [0, 0.1) is 5.92 Å². The molecule has 0 spiro atoms. The first-order chi connectivity index (χ1) is 35.4. The Morgan fingerprint density at radius 2 is 0.458 bits per heavy atom. The summed E-state index contributed by atoms with van der Waals surface area (Å²) in [5.74, 6) is 0.0241. The lowest BCUT2D eigenvalue weighted by molar-refractivity contribution is -0.167. The van der Waals surface area contributed by atoms with E-state index in [9.17, 15) is 14.4 Å². The van der Waals surface area contributed by atoms with Gasteiger partial charge < -0.3 is 14.2 Å². The topological polar surface area (TPSA) is 78.9 Å². The maximum absolute atomic E-state index is 12.9. The van der Waals surface area contributed by atoms with Gasteiger partial charge in [0, 0.05) is 19.3 Å². The summed E-state index contributed by atoms with van der Waals surface area (Å²) in [4.78, 5) is 38.4. The molecule has 0 aromatic carbocycles. The second kappa shape index (κ2) is 60.3. The summed E-state index contributed by atoms with van der Waals surface area (Å²) in [6.07, 6.45) is 68.2. The molecule has 428 valence electrons. The van der Waals surface area contributed by atoms with Crippen LogP contribution < -0.4 is 0 Å². The SMILES string of the molecule is CCCCCCCCCCCCCCCCCCCCCC(=O)OC[C@H](COC(=O)CCCCCCCCCCCCCCCCCC(C)C)OC(=O)CCCCCCCCCCCCCCCCCCC. The van der Waals surface area contributed by atoms with Crippen molar-refractivity contribution >= 4 is 17.9 Å². The Morgan fingerprint density at radius 3 is 0.681 bits per heavy atom. The Kier molecular flexibility index (Phi) is 58.9. The van der Waals surface area contributed by atoms with Crippen molar-refractivity contribution in [3.63, 3.8) is 0 Å².